The van der Waals surface area contributed by atoms with Crippen molar-refractivity contribution in [2.24, 2.45) is 5.92 Å². The summed E-state index contributed by atoms with van der Waals surface area (Å²) in [5.74, 6) is 2.13. The van der Waals surface area contributed by atoms with Crippen LogP contribution in [-0.2, 0) is 6.54 Å². The number of hydrogen-bond donors (Lipinski definition) is 1. The number of nitrogen functional groups attached to an aromatic ring is 1. The molecule has 1 aromatic carbocycles. The average molecular weight is 274 g/mol. The first-order valence-electron chi connectivity index (χ1n) is 7.15. The lowest BCUT2D eigenvalue weighted by atomic mass is 9.97. The molecular formula is C15H22N4O. The fourth-order valence-electron chi connectivity index (χ4n) is 2.94. The van der Waals surface area contributed by atoms with Crippen molar-refractivity contribution in [2.45, 2.75) is 19.4 Å². The SMILES string of the molecule is COc1ccc2nc(N)n(CC3CCN(C)CC3)c2c1. The van der Waals surface area contributed by atoms with Gasteiger partial charge in [0.2, 0.25) is 5.95 Å². The molecule has 0 unspecified atom stereocenters. The van der Waals surface area contributed by atoms with Crippen LogP contribution in [0.1, 0.15) is 12.8 Å². The Bertz CT molecular complexity index is 599. The summed E-state index contributed by atoms with van der Waals surface area (Å²) in [5, 5.41) is 0. The Morgan fingerprint density at radius 1 is 1.35 bits per heavy atom. The lowest BCUT2D eigenvalue weighted by Gasteiger charge is -2.29. The Kier molecular flexibility index (Phi) is 3.53. The van der Waals surface area contributed by atoms with Crippen molar-refractivity contribution in [2.75, 3.05) is 33.0 Å². The number of nitrogens with zero attached hydrogens (tertiary/aromatic N) is 3. The van der Waals surface area contributed by atoms with E-state index in [0.717, 1.165) is 23.3 Å². The number of benzene rings is 1. The van der Waals surface area contributed by atoms with Gasteiger partial charge in [0.05, 0.1) is 18.1 Å². The zero-order valence-corrected chi connectivity index (χ0v) is 12.2. The van der Waals surface area contributed by atoms with E-state index in [1.54, 1.807) is 7.11 Å². The first-order chi connectivity index (χ1) is 9.67. The van der Waals surface area contributed by atoms with Gasteiger partial charge in [-0.2, -0.15) is 0 Å². The van der Waals surface area contributed by atoms with E-state index >= 15 is 0 Å². The van der Waals surface area contributed by atoms with E-state index < -0.39 is 0 Å². The molecule has 1 aromatic heterocycles. The van der Waals surface area contributed by atoms with E-state index in [0.29, 0.717) is 11.9 Å². The van der Waals surface area contributed by atoms with Crippen LogP contribution in [0.2, 0.25) is 0 Å². The van der Waals surface area contributed by atoms with E-state index in [1.165, 1.54) is 25.9 Å². The second kappa shape index (κ2) is 5.32. The van der Waals surface area contributed by atoms with Crippen molar-refractivity contribution in [3.63, 3.8) is 0 Å². The molecule has 2 aromatic rings. The zero-order chi connectivity index (χ0) is 14.1. The average Bonchev–Trinajstić information content (AvgIpc) is 2.77. The number of methoxy groups -OCH3 is 1. The molecule has 0 atom stereocenters. The normalized spacial score (nSPS) is 17.7. The van der Waals surface area contributed by atoms with E-state index in [-0.39, 0.29) is 0 Å². The van der Waals surface area contributed by atoms with Gasteiger partial charge in [-0.3, -0.25) is 0 Å². The van der Waals surface area contributed by atoms with Crippen molar-refractivity contribution < 1.29 is 4.74 Å². The van der Waals surface area contributed by atoms with Gasteiger partial charge >= 0.3 is 0 Å². The number of fused-ring (bicyclic) bond motifs is 1. The van der Waals surface area contributed by atoms with E-state index in [9.17, 15) is 0 Å². The summed E-state index contributed by atoms with van der Waals surface area (Å²) in [6.07, 6.45) is 2.44. The van der Waals surface area contributed by atoms with Gasteiger partial charge in [0.1, 0.15) is 5.75 Å². The van der Waals surface area contributed by atoms with Gasteiger partial charge < -0.3 is 19.9 Å². The molecule has 3 rings (SSSR count). The van der Waals surface area contributed by atoms with Gasteiger partial charge in [-0.25, -0.2) is 4.98 Å². The fourth-order valence-corrected chi connectivity index (χ4v) is 2.94. The number of nitrogens with two attached hydrogens (primary N) is 1. The molecule has 20 heavy (non-hydrogen) atoms. The highest BCUT2D eigenvalue weighted by molar-refractivity contribution is 5.79. The number of aromatic nitrogens is 2. The first-order valence-corrected chi connectivity index (χ1v) is 7.15. The maximum absolute atomic E-state index is 6.09. The van der Waals surface area contributed by atoms with Crippen LogP contribution in [0.25, 0.3) is 11.0 Å². The quantitative estimate of drug-likeness (QED) is 0.929. The molecule has 2 heterocycles. The third-order valence-corrected chi connectivity index (χ3v) is 4.26. The van der Waals surface area contributed by atoms with Crippen molar-refractivity contribution in [1.29, 1.82) is 0 Å². The van der Waals surface area contributed by atoms with Crippen molar-refractivity contribution in [1.82, 2.24) is 14.5 Å². The third kappa shape index (κ3) is 2.45. The summed E-state index contributed by atoms with van der Waals surface area (Å²) < 4.78 is 7.43. The molecule has 0 amide bonds. The maximum Gasteiger partial charge on any atom is 0.201 e. The molecule has 5 nitrogen and oxygen atoms in total. The molecule has 1 aliphatic heterocycles. The van der Waals surface area contributed by atoms with E-state index in [2.05, 4.69) is 21.5 Å². The van der Waals surface area contributed by atoms with E-state index in [4.69, 9.17) is 10.5 Å². The van der Waals surface area contributed by atoms with Crippen LogP contribution in [-0.4, -0.2) is 41.7 Å². The molecule has 0 saturated carbocycles. The second-order valence-corrected chi connectivity index (χ2v) is 5.68. The highest BCUT2D eigenvalue weighted by Crippen LogP contribution is 2.26. The fraction of sp³-hybridized carbons (Fsp3) is 0.533. The highest BCUT2D eigenvalue weighted by atomic mass is 16.5. The van der Waals surface area contributed by atoms with Crippen molar-refractivity contribution in [3.8, 4) is 5.75 Å². The standard InChI is InChI=1S/C15H22N4O/c1-18-7-5-11(6-8-18)10-19-14-9-12(20-2)3-4-13(14)17-15(19)16/h3-4,9,11H,5-8,10H2,1-2H3,(H2,16,17). The summed E-state index contributed by atoms with van der Waals surface area (Å²) in [5.41, 5.74) is 8.10. The van der Waals surface area contributed by atoms with Crippen LogP contribution in [0, 0.1) is 5.92 Å². The van der Waals surface area contributed by atoms with Gasteiger partial charge in [0.15, 0.2) is 0 Å². The summed E-state index contributed by atoms with van der Waals surface area (Å²) in [6.45, 7) is 3.28. The van der Waals surface area contributed by atoms with Gasteiger partial charge in [-0.15, -0.1) is 0 Å². The lowest BCUT2D eigenvalue weighted by Crippen LogP contribution is -2.32. The Labute approximate surface area is 119 Å². The largest absolute Gasteiger partial charge is 0.497 e. The maximum atomic E-state index is 6.09. The highest BCUT2D eigenvalue weighted by Gasteiger charge is 2.19. The molecule has 0 spiro atoms. The molecule has 0 radical (unpaired) electrons. The minimum Gasteiger partial charge on any atom is -0.497 e. The van der Waals surface area contributed by atoms with Gasteiger partial charge in [-0.1, -0.05) is 0 Å². The summed E-state index contributed by atoms with van der Waals surface area (Å²) >= 11 is 0. The number of rotatable bonds is 3. The molecule has 1 aliphatic rings. The number of piperidine rings is 1. The van der Waals surface area contributed by atoms with Crippen LogP contribution in [0.5, 0.6) is 5.75 Å². The van der Waals surface area contributed by atoms with Crippen LogP contribution in [0.3, 0.4) is 0 Å². The first kappa shape index (κ1) is 13.2. The minimum atomic E-state index is 0.604. The monoisotopic (exact) mass is 274 g/mol. The molecule has 108 valence electrons. The Morgan fingerprint density at radius 2 is 2.10 bits per heavy atom. The van der Waals surface area contributed by atoms with Crippen LogP contribution >= 0.6 is 0 Å². The van der Waals surface area contributed by atoms with E-state index in [1.807, 2.05) is 18.2 Å². The smallest absolute Gasteiger partial charge is 0.201 e. The van der Waals surface area contributed by atoms with Gasteiger partial charge in [-0.05, 0) is 51.0 Å². The summed E-state index contributed by atoms with van der Waals surface area (Å²) in [6, 6.07) is 5.91. The minimum absolute atomic E-state index is 0.604. The molecule has 0 aliphatic carbocycles. The second-order valence-electron chi connectivity index (χ2n) is 5.68. The summed E-state index contributed by atoms with van der Waals surface area (Å²) in [7, 11) is 3.87. The van der Waals surface area contributed by atoms with Crippen LogP contribution < -0.4 is 10.5 Å². The Balaban J connectivity index is 1.88. The Morgan fingerprint density at radius 3 is 2.80 bits per heavy atom. The molecule has 0 bridgehead atoms. The predicted molar refractivity (Wildman–Crippen MR) is 80.9 cm³/mol. The van der Waals surface area contributed by atoms with Gasteiger partial charge in [0.25, 0.3) is 0 Å². The zero-order valence-electron chi connectivity index (χ0n) is 12.2. The number of hydrogen-bond acceptors (Lipinski definition) is 4. The van der Waals surface area contributed by atoms with Crippen LogP contribution in [0.4, 0.5) is 5.95 Å². The molecule has 1 saturated heterocycles. The molecule has 2 N–H and O–H groups in total. The number of likely N-dealkylation sites (tertiary alicyclic amines) is 1. The van der Waals surface area contributed by atoms with Crippen molar-refractivity contribution >= 4 is 17.0 Å². The third-order valence-electron chi connectivity index (χ3n) is 4.26. The van der Waals surface area contributed by atoms with Gasteiger partial charge in [0, 0.05) is 12.6 Å². The topological polar surface area (TPSA) is 56.3 Å². The molecule has 5 heteroatoms. The molecule has 1 fully saturated rings. The predicted octanol–water partition coefficient (Wildman–Crippen LogP) is 1.97. The number of ether oxygens (including phenoxy) is 1. The lowest BCUT2D eigenvalue weighted by molar-refractivity contribution is 0.206. The summed E-state index contributed by atoms with van der Waals surface area (Å²) in [4.78, 5) is 6.83. The number of imidazole rings is 1. The Hall–Kier alpha value is -1.75. The molecular weight excluding hydrogens is 252 g/mol. The van der Waals surface area contributed by atoms with Crippen molar-refractivity contribution in [3.05, 3.63) is 18.2 Å². The number of anilines is 1. The van der Waals surface area contributed by atoms with Crippen LogP contribution in [0.15, 0.2) is 18.2 Å².